The van der Waals surface area contributed by atoms with Crippen molar-refractivity contribution < 1.29 is 4.58 Å². The van der Waals surface area contributed by atoms with Gasteiger partial charge in [-0.15, -0.1) is 0 Å². The Hall–Kier alpha value is -2.97. The second kappa shape index (κ2) is 6.29. The van der Waals surface area contributed by atoms with Gasteiger partial charge in [-0.25, -0.2) is 0 Å². The van der Waals surface area contributed by atoms with Crippen LogP contribution in [-0.4, -0.2) is 22.9 Å². The van der Waals surface area contributed by atoms with Crippen LogP contribution in [0.4, 0.5) is 0 Å². The number of benzene rings is 2. The van der Waals surface area contributed by atoms with Gasteiger partial charge in [0.05, 0.1) is 17.2 Å². The van der Waals surface area contributed by atoms with Gasteiger partial charge in [-0.05, 0) is 35.8 Å². The summed E-state index contributed by atoms with van der Waals surface area (Å²) in [6.45, 7) is 4.43. The number of nitrogens with zero attached hydrogens (tertiary/aromatic N) is 1. The summed E-state index contributed by atoms with van der Waals surface area (Å²) >= 11 is 0. The van der Waals surface area contributed by atoms with Crippen molar-refractivity contribution in [3.63, 3.8) is 0 Å². The summed E-state index contributed by atoms with van der Waals surface area (Å²) in [4.78, 5) is 0. The fourth-order valence-corrected chi connectivity index (χ4v) is 4.60. The van der Waals surface area contributed by atoms with Gasteiger partial charge in [0.2, 0.25) is 5.71 Å². The first-order chi connectivity index (χ1) is 13.6. The van der Waals surface area contributed by atoms with Gasteiger partial charge in [0.25, 0.3) is 0 Å². The molecule has 2 aromatic carbocycles. The van der Waals surface area contributed by atoms with Gasteiger partial charge in [-0.3, -0.25) is 5.32 Å². The van der Waals surface area contributed by atoms with E-state index in [-0.39, 0.29) is 11.6 Å². The highest BCUT2D eigenvalue weighted by molar-refractivity contribution is 6.12. The summed E-state index contributed by atoms with van der Waals surface area (Å²) in [5.74, 6) is 0. The molecule has 2 unspecified atom stereocenters. The Labute approximate surface area is 166 Å². The number of hydrogen-bond donors (Lipinski definition) is 1. The average molecular weight is 366 g/mol. The Balaban J connectivity index is 1.67. The third-order valence-electron chi connectivity index (χ3n) is 6.38. The van der Waals surface area contributed by atoms with Crippen LogP contribution in [0.2, 0.25) is 0 Å². The van der Waals surface area contributed by atoms with E-state index in [0.29, 0.717) is 0 Å². The maximum Gasteiger partial charge on any atom is 0.212 e. The van der Waals surface area contributed by atoms with Gasteiger partial charge in [0, 0.05) is 18.6 Å². The van der Waals surface area contributed by atoms with Gasteiger partial charge in [-0.2, -0.15) is 4.58 Å². The second-order valence-corrected chi connectivity index (χ2v) is 7.89. The Kier molecular flexibility index (Phi) is 3.85. The topological polar surface area (TPSA) is 15.0 Å². The summed E-state index contributed by atoms with van der Waals surface area (Å²) in [6.07, 6.45) is 9.43. The molecule has 1 aliphatic carbocycles. The lowest BCUT2D eigenvalue weighted by Gasteiger charge is -2.31. The molecule has 0 saturated heterocycles. The van der Waals surface area contributed by atoms with Crippen molar-refractivity contribution >= 4 is 11.3 Å². The highest BCUT2D eigenvalue weighted by Crippen LogP contribution is 2.44. The van der Waals surface area contributed by atoms with Crippen LogP contribution in [0.3, 0.4) is 0 Å². The molecular weight excluding hydrogens is 340 g/mol. The first-order valence-corrected chi connectivity index (χ1v) is 9.90. The smallest absolute Gasteiger partial charge is 0.212 e. The molecule has 0 aromatic heterocycles. The Morgan fingerprint density at radius 3 is 2.32 bits per heavy atom. The zero-order chi connectivity index (χ0) is 19.3. The number of nitrogens with one attached hydrogen (secondary N) is 1. The number of fused-ring (bicyclic) bond motifs is 1. The highest BCUT2D eigenvalue weighted by atomic mass is 15.0. The minimum atomic E-state index is -0.298. The Morgan fingerprint density at radius 2 is 1.61 bits per heavy atom. The highest BCUT2D eigenvalue weighted by Gasteiger charge is 2.43. The third kappa shape index (κ3) is 2.49. The molecule has 2 atom stereocenters. The van der Waals surface area contributed by atoms with Gasteiger partial charge < -0.3 is 0 Å². The molecular formula is C26H25N2+. The summed E-state index contributed by atoms with van der Waals surface area (Å²) in [7, 11) is 2.15. The molecule has 2 nitrogen and oxygen atoms in total. The number of hydrogen-bond acceptors (Lipinski definition) is 1. The van der Waals surface area contributed by atoms with E-state index in [1.807, 2.05) is 0 Å². The van der Waals surface area contributed by atoms with Crippen molar-refractivity contribution in [2.75, 3.05) is 7.05 Å². The molecule has 28 heavy (non-hydrogen) atoms. The molecule has 0 radical (unpaired) electrons. The standard InChI is InChI=1S/C26H25N2/c1-18-19(2)28(3)25-14-15-26(17-22(18)25)23(20-10-6-4-7-11-20)16-24(27-26)21-12-8-5-9-13-21/h4-17,24,27H,1-3H3/q+1. The lowest BCUT2D eigenvalue weighted by atomic mass is 9.80. The van der Waals surface area contributed by atoms with Crippen LogP contribution in [0, 0.1) is 0 Å². The molecule has 2 heteroatoms. The molecule has 2 heterocycles. The van der Waals surface area contributed by atoms with E-state index < -0.39 is 0 Å². The van der Waals surface area contributed by atoms with E-state index in [9.17, 15) is 0 Å². The molecule has 3 aliphatic rings. The predicted octanol–water partition coefficient (Wildman–Crippen LogP) is 5.04. The second-order valence-electron chi connectivity index (χ2n) is 7.89. The van der Waals surface area contributed by atoms with Crippen LogP contribution in [0.25, 0.3) is 5.57 Å². The van der Waals surface area contributed by atoms with Crippen LogP contribution >= 0.6 is 0 Å². The molecule has 138 valence electrons. The summed E-state index contributed by atoms with van der Waals surface area (Å²) in [5, 5.41) is 3.92. The van der Waals surface area contributed by atoms with Crippen molar-refractivity contribution in [3.8, 4) is 0 Å². The number of allylic oxidation sites excluding steroid dienone is 4. The molecule has 1 spiro atoms. The molecule has 0 amide bonds. The van der Waals surface area contributed by atoms with Crippen molar-refractivity contribution in [2.24, 2.45) is 0 Å². The van der Waals surface area contributed by atoms with Crippen LogP contribution in [-0.2, 0) is 0 Å². The van der Waals surface area contributed by atoms with Crippen LogP contribution < -0.4 is 5.32 Å². The quantitative estimate of drug-likeness (QED) is 0.737. The lowest BCUT2D eigenvalue weighted by Crippen LogP contribution is -2.42. The fraction of sp³-hybridized carbons (Fsp3) is 0.192. The van der Waals surface area contributed by atoms with E-state index in [0.717, 1.165) is 0 Å². The van der Waals surface area contributed by atoms with Crippen LogP contribution in [0.15, 0.2) is 102 Å². The Bertz CT molecular complexity index is 1100. The largest absolute Gasteiger partial charge is 0.291 e. The molecule has 2 aliphatic heterocycles. The van der Waals surface area contributed by atoms with E-state index in [1.54, 1.807) is 0 Å². The molecule has 0 fully saturated rings. The molecule has 1 N–H and O–H groups in total. The Morgan fingerprint density at radius 1 is 0.929 bits per heavy atom. The van der Waals surface area contributed by atoms with E-state index in [4.69, 9.17) is 0 Å². The first kappa shape index (κ1) is 17.2. The third-order valence-corrected chi connectivity index (χ3v) is 6.38. The maximum absolute atomic E-state index is 3.92. The van der Waals surface area contributed by atoms with Gasteiger partial charge in [-0.1, -0.05) is 66.7 Å². The van der Waals surface area contributed by atoms with Crippen LogP contribution in [0.5, 0.6) is 0 Å². The van der Waals surface area contributed by atoms with E-state index in [2.05, 4.69) is 116 Å². The summed E-state index contributed by atoms with van der Waals surface area (Å²) in [6, 6.07) is 21.6. The van der Waals surface area contributed by atoms with E-state index >= 15 is 0 Å². The fourth-order valence-electron chi connectivity index (χ4n) is 4.60. The molecule has 0 saturated carbocycles. The predicted molar refractivity (Wildman–Crippen MR) is 116 cm³/mol. The summed E-state index contributed by atoms with van der Waals surface area (Å²) in [5.41, 5.74) is 8.90. The SMILES string of the molecule is CC1=C(C)[N+](C)=C2C=CC3(C=C12)NC(c1ccccc1)C=C3c1ccccc1. The minimum absolute atomic E-state index is 0.184. The zero-order valence-corrected chi connectivity index (χ0v) is 16.6. The van der Waals surface area contributed by atoms with Crippen molar-refractivity contribution in [2.45, 2.75) is 25.4 Å². The van der Waals surface area contributed by atoms with Crippen molar-refractivity contribution in [1.82, 2.24) is 5.32 Å². The zero-order valence-electron chi connectivity index (χ0n) is 16.6. The monoisotopic (exact) mass is 365 g/mol. The van der Waals surface area contributed by atoms with Gasteiger partial charge in [0.15, 0.2) is 5.70 Å². The molecule has 2 aromatic rings. The van der Waals surface area contributed by atoms with Gasteiger partial charge in [0.1, 0.15) is 7.05 Å². The maximum atomic E-state index is 3.92. The van der Waals surface area contributed by atoms with Crippen molar-refractivity contribution in [1.29, 1.82) is 0 Å². The molecule has 0 bridgehead atoms. The minimum Gasteiger partial charge on any atom is -0.291 e. The van der Waals surface area contributed by atoms with Crippen molar-refractivity contribution in [3.05, 3.63) is 113 Å². The normalized spacial score (nSPS) is 26.0. The molecule has 5 rings (SSSR count). The van der Waals surface area contributed by atoms with E-state index in [1.165, 1.54) is 39.3 Å². The van der Waals surface area contributed by atoms with Crippen LogP contribution in [0.1, 0.15) is 31.0 Å². The first-order valence-electron chi connectivity index (χ1n) is 9.90. The number of rotatable bonds is 2. The summed E-state index contributed by atoms with van der Waals surface area (Å²) < 4.78 is 2.29. The average Bonchev–Trinajstić information content (AvgIpc) is 3.21. The lowest BCUT2D eigenvalue weighted by molar-refractivity contribution is -0.439. The van der Waals surface area contributed by atoms with Gasteiger partial charge >= 0.3 is 0 Å².